The summed E-state index contributed by atoms with van der Waals surface area (Å²) in [7, 11) is 4.43. The standard InChI is InChI=1S/C12H18N.C2H4.ClH/c1-4-10-13(2,3)11-12-8-6-5-7-9-12;1-2;/h4-9H,1,10-11H2,2-3H3;1-2H2;1H/q+1;;/p-1. The van der Waals surface area contributed by atoms with Gasteiger partial charge in [0.2, 0.25) is 0 Å². The maximum Gasteiger partial charge on any atom is 0.104 e. The van der Waals surface area contributed by atoms with E-state index in [1.54, 1.807) is 0 Å². The molecule has 0 radical (unpaired) electrons. The second-order valence-corrected chi connectivity index (χ2v) is 4.05. The van der Waals surface area contributed by atoms with Crippen LogP contribution >= 0.6 is 0 Å². The molecule has 0 unspecified atom stereocenters. The summed E-state index contributed by atoms with van der Waals surface area (Å²) >= 11 is 0. The molecule has 0 heterocycles. The third-order valence-electron chi connectivity index (χ3n) is 2.08. The smallest absolute Gasteiger partial charge is 0.104 e. The second kappa shape index (κ2) is 9.20. The highest BCUT2D eigenvalue weighted by molar-refractivity contribution is 5.13. The molecule has 2 heteroatoms. The summed E-state index contributed by atoms with van der Waals surface area (Å²) < 4.78 is 0.966. The van der Waals surface area contributed by atoms with E-state index in [0.717, 1.165) is 17.6 Å². The van der Waals surface area contributed by atoms with Crippen LogP contribution in [-0.2, 0) is 6.54 Å². The lowest BCUT2D eigenvalue weighted by Crippen LogP contribution is -3.00. The normalized spacial score (nSPS) is 9.38. The van der Waals surface area contributed by atoms with Crippen molar-refractivity contribution in [3.8, 4) is 0 Å². The fourth-order valence-electron chi connectivity index (χ4n) is 1.49. The van der Waals surface area contributed by atoms with Crippen molar-refractivity contribution in [3.63, 3.8) is 0 Å². The van der Waals surface area contributed by atoms with Gasteiger partial charge in [0.15, 0.2) is 0 Å². The van der Waals surface area contributed by atoms with Crippen molar-refractivity contribution in [1.29, 1.82) is 0 Å². The Morgan fingerprint density at radius 2 is 1.62 bits per heavy atom. The van der Waals surface area contributed by atoms with E-state index in [1.807, 2.05) is 6.08 Å². The van der Waals surface area contributed by atoms with Gasteiger partial charge in [0.25, 0.3) is 0 Å². The molecule has 1 nitrogen and oxygen atoms in total. The highest BCUT2D eigenvalue weighted by atomic mass is 35.5. The van der Waals surface area contributed by atoms with Crippen molar-refractivity contribution in [2.45, 2.75) is 6.54 Å². The molecule has 0 saturated carbocycles. The number of rotatable bonds is 4. The van der Waals surface area contributed by atoms with E-state index in [9.17, 15) is 0 Å². The van der Waals surface area contributed by atoms with Gasteiger partial charge >= 0.3 is 0 Å². The summed E-state index contributed by atoms with van der Waals surface area (Å²) in [6, 6.07) is 10.6. The Hall–Kier alpha value is -1.05. The molecule has 90 valence electrons. The quantitative estimate of drug-likeness (QED) is 0.522. The monoisotopic (exact) mass is 239 g/mol. The van der Waals surface area contributed by atoms with E-state index in [2.05, 4.69) is 64.2 Å². The molecule has 1 aromatic carbocycles. The van der Waals surface area contributed by atoms with Gasteiger partial charge in [-0.3, -0.25) is 0 Å². The van der Waals surface area contributed by atoms with Gasteiger partial charge in [-0.25, -0.2) is 0 Å². The number of hydrogen-bond acceptors (Lipinski definition) is 0. The molecule has 0 aliphatic heterocycles. The molecule has 0 N–H and O–H groups in total. The van der Waals surface area contributed by atoms with Crippen molar-refractivity contribution in [2.75, 3.05) is 20.6 Å². The van der Waals surface area contributed by atoms with Gasteiger partial charge in [0.05, 0.1) is 20.6 Å². The topological polar surface area (TPSA) is 0 Å². The van der Waals surface area contributed by atoms with Crippen LogP contribution in [0, 0.1) is 0 Å². The lowest BCUT2D eigenvalue weighted by atomic mass is 10.2. The molecule has 1 aromatic rings. The molecule has 0 aromatic heterocycles. The Morgan fingerprint density at radius 3 is 2.06 bits per heavy atom. The largest absolute Gasteiger partial charge is 1.00 e. The molecule has 0 aliphatic carbocycles. The Balaban J connectivity index is 0. The van der Waals surface area contributed by atoms with Gasteiger partial charge in [-0.1, -0.05) is 36.9 Å². The second-order valence-electron chi connectivity index (χ2n) is 4.05. The van der Waals surface area contributed by atoms with Gasteiger partial charge in [0.1, 0.15) is 6.54 Å². The molecule has 16 heavy (non-hydrogen) atoms. The fourth-order valence-corrected chi connectivity index (χ4v) is 1.49. The molecule has 0 spiro atoms. The first kappa shape index (κ1) is 17.3. The zero-order valence-electron chi connectivity index (χ0n) is 10.3. The zero-order chi connectivity index (χ0) is 11.7. The maximum absolute atomic E-state index is 3.77. The average molecular weight is 240 g/mol. The van der Waals surface area contributed by atoms with E-state index in [1.165, 1.54) is 5.56 Å². The van der Waals surface area contributed by atoms with Crippen LogP contribution in [0.4, 0.5) is 0 Å². The lowest BCUT2D eigenvalue weighted by molar-refractivity contribution is -0.897. The van der Waals surface area contributed by atoms with Gasteiger partial charge in [-0.2, -0.15) is 0 Å². The highest BCUT2D eigenvalue weighted by Crippen LogP contribution is 2.08. The van der Waals surface area contributed by atoms with Crippen LogP contribution in [0.25, 0.3) is 0 Å². The number of likely N-dealkylation sites (N-methyl/N-ethyl adjacent to an activating group) is 1. The minimum absolute atomic E-state index is 0. The van der Waals surface area contributed by atoms with Gasteiger partial charge in [-0.15, -0.1) is 13.2 Å². The minimum Gasteiger partial charge on any atom is -1.00 e. The van der Waals surface area contributed by atoms with Crippen LogP contribution in [0.1, 0.15) is 5.56 Å². The molecule has 0 aliphatic rings. The predicted molar refractivity (Wildman–Crippen MR) is 68.6 cm³/mol. The summed E-state index contributed by atoms with van der Waals surface area (Å²) in [5.41, 5.74) is 1.38. The summed E-state index contributed by atoms with van der Waals surface area (Å²) in [5, 5.41) is 0. The predicted octanol–water partition coefficient (Wildman–Crippen LogP) is 0.255. The molecule has 0 atom stereocenters. The highest BCUT2D eigenvalue weighted by Gasteiger charge is 2.12. The first-order chi connectivity index (χ1) is 7.14. The minimum atomic E-state index is 0. The van der Waals surface area contributed by atoms with Crippen LogP contribution in [-0.4, -0.2) is 25.1 Å². The fraction of sp³-hybridized carbons (Fsp3) is 0.286. The Bertz CT molecular complexity index is 280. The van der Waals surface area contributed by atoms with Crippen molar-refractivity contribution >= 4 is 0 Å². The van der Waals surface area contributed by atoms with Crippen molar-refractivity contribution in [3.05, 3.63) is 61.7 Å². The SMILES string of the molecule is C=C.C=CC[N+](C)(C)Cc1ccccc1.[Cl-]. The van der Waals surface area contributed by atoms with Crippen LogP contribution in [0.5, 0.6) is 0 Å². The Morgan fingerprint density at radius 1 is 1.12 bits per heavy atom. The lowest BCUT2D eigenvalue weighted by Gasteiger charge is -2.28. The van der Waals surface area contributed by atoms with E-state index >= 15 is 0 Å². The van der Waals surface area contributed by atoms with E-state index < -0.39 is 0 Å². The summed E-state index contributed by atoms with van der Waals surface area (Å²) in [5.74, 6) is 0. The Labute approximate surface area is 106 Å². The average Bonchev–Trinajstić information content (AvgIpc) is 2.21. The molecule has 1 rings (SSSR count). The third-order valence-corrected chi connectivity index (χ3v) is 2.08. The maximum atomic E-state index is 3.77. The van der Waals surface area contributed by atoms with E-state index in [-0.39, 0.29) is 12.4 Å². The number of halogens is 1. The first-order valence-corrected chi connectivity index (χ1v) is 5.11. The summed E-state index contributed by atoms with van der Waals surface area (Å²) in [4.78, 5) is 0. The number of quaternary nitrogens is 1. The van der Waals surface area contributed by atoms with Gasteiger partial charge in [0, 0.05) is 5.56 Å². The number of hydrogen-bond donors (Lipinski definition) is 0. The zero-order valence-corrected chi connectivity index (χ0v) is 11.1. The van der Waals surface area contributed by atoms with Crippen LogP contribution in [0.3, 0.4) is 0 Å². The van der Waals surface area contributed by atoms with Crippen LogP contribution in [0.15, 0.2) is 56.1 Å². The van der Waals surface area contributed by atoms with Crippen LogP contribution < -0.4 is 12.4 Å². The number of benzene rings is 1. The van der Waals surface area contributed by atoms with E-state index in [0.29, 0.717) is 0 Å². The van der Waals surface area contributed by atoms with Crippen LogP contribution in [0.2, 0.25) is 0 Å². The van der Waals surface area contributed by atoms with Gasteiger partial charge in [-0.05, 0) is 6.08 Å². The Kier molecular flexibility index (Phi) is 9.97. The molecule has 0 amide bonds. The molecule has 0 saturated heterocycles. The molecule has 0 bridgehead atoms. The number of nitrogens with zero attached hydrogens (tertiary/aromatic N) is 1. The summed E-state index contributed by atoms with van der Waals surface area (Å²) in [6.07, 6.45) is 1.98. The molecule has 0 fully saturated rings. The van der Waals surface area contributed by atoms with Crippen molar-refractivity contribution < 1.29 is 16.9 Å². The molecular formula is C14H22ClN. The first-order valence-electron chi connectivity index (χ1n) is 5.11. The molecular weight excluding hydrogens is 218 g/mol. The van der Waals surface area contributed by atoms with Gasteiger partial charge < -0.3 is 16.9 Å². The summed E-state index contributed by atoms with van der Waals surface area (Å²) in [6.45, 7) is 11.8. The van der Waals surface area contributed by atoms with Crippen molar-refractivity contribution in [2.24, 2.45) is 0 Å². The third kappa shape index (κ3) is 7.27. The van der Waals surface area contributed by atoms with E-state index in [4.69, 9.17) is 0 Å². The van der Waals surface area contributed by atoms with Crippen molar-refractivity contribution in [1.82, 2.24) is 0 Å².